The molecule has 1 saturated heterocycles. The highest BCUT2D eigenvalue weighted by Crippen LogP contribution is 2.25. The number of benzene rings is 1. The zero-order chi connectivity index (χ0) is 9.97. The first-order valence-corrected chi connectivity index (χ1v) is 4.80. The van der Waals surface area contributed by atoms with Crippen LogP contribution in [0.25, 0.3) is 0 Å². The van der Waals surface area contributed by atoms with Crippen LogP contribution in [0.1, 0.15) is 11.6 Å². The third kappa shape index (κ3) is 1.80. The van der Waals surface area contributed by atoms with Crippen molar-refractivity contribution < 1.29 is 9.84 Å². The fourth-order valence-corrected chi connectivity index (χ4v) is 1.91. The van der Waals surface area contributed by atoms with Crippen LogP contribution in [0.15, 0.2) is 30.3 Å². The number of ether oxygens (including phenoxy) is 1. The molecule has 1 fully saturated rings. The highest BCUT2D eigenvalue weighted by atomic mass is 16.5. The topological polar surface area (TPSA) is 32.7 Å². The van der Waals surface area contributed by atoms with Crippen molar-refractivity contribution in [2.24, 2.45) is 0 Å². The van der Waals surface area contributed by atoms with Crippen molar-refractivity contribution in [2.75, 3.05) is 20.4 Å². The molecule has 0 aromatic heterocycles. The summed E-state index contributed by atoms with van der Waals surface area (Å²) in [6.07, 6.45) is -0.434. The molecule has 0 spiro atoms. The van der Waals surface area contributed by atoms with E-state index in [0.29, 0.717) is 13.3 Å². The van der Waals surface area contributed by atoms with Gasteiger partial charge in [0.15, 0.2) is 0 Å². The number of aliphatic hydroxyl groups is 1. The second-order valence-corrected chi connectivity index (χ2v) is 3.68. The van der Waals surface area contributed by atoms with Gasteiger partial charge in [0, 0.05) is 0 Å². The van der Waals surface area contributed by atoms with Gasteiger partial charge < -0.3 is 9.84 Å². The van der Waals surface area contributed by atoms with Gasteiger partial charge in [-0.1, -0.05) is 30.3 Å². The largest absolute Gasteiger partial charge is 0.389 e. The molecule has 14 heavy (non-hydrogen) atoms. The van der Waals surface area contributed by atoms with Crippen LogP contribution in [0.4, 0.5) is 0 Å². The van der Waals surface area contributed by atoms with Crippen LogP contribution in [0.2, 0.25) is 0 Å². The van der Waals surface area contributed by atoms with Crippen LogP contribution >= 0.6 is 0 Å². The summed E-state index contributed by atoms with van der Waals surface area (Å²) in [5, 5.41) is 9.83. The van der Waals surface area contributed by atoms with Crippen molar-refractivity contribution in [3.63, 3.8) is 0 Å². The second-order valence-electron chi connectivity index (χ2n) is 3.68. The predicted octanol–water partition coefficient (Wildman–Crippen LogP) is 1.01. The summed E-state index contributed by atoms with van der Waals surface area (Å²) in [4.78, 5) is 2.02. The van der Waals surface area contributed by atoms with Crippen LogP contribution in [0, 0.1) is 0 Å². The number of nitrogens with zero attached hydrogens (tertiary/aromatic N) is 1. The highest BCUT2D eigenvalue weighted by molar-refractivity contribution is 5.20. The fraction of sp³-hybridized carbons (Fsp3) is 0.455. The zero-order valence-electron chi connectivity index (χ0n) is 8.26. The minimum atomic E-state index is -0.434. The lowest BCUT2D eigenvalue weighted by Crippen LogP contribution is -2.43. The molecule has 0 amide bonds. The van der Waals surface area contributed by atoms with Gasteiger partial charge in [-0.3, -0.25) is 4.90 Å². The van der Waals surface area contributed by atoms with Gasteiger partial charge in [0.1, 0.15) is 0 Å². The second kappa shape index (κ2) is 4.09. The number of likely N-dealkylation sites (N-methyl/N-ethyl adjacent to an activating group) is 1. The molecule has 1 aliphatic heterocycles. The number of aliphatic hydroxyl groups excluding tert-OH is 1. The first-order valence-electron chi connectivity index (χ1n) is 4.80. The van der Waals surface area contributed by atoms with E-state index in [4.69, 9.17) is 4.74 Å². The molecule has 0 aliphatic carbocycles. The van der Waals surface area contributed by atoms with Crippen LogP contribution < -0.4 is 0 Å². The molecule has 2 atom stereocenters. The molecule has 1 N–H and O–H groups in total. The monoisotopic (exact) mass is 193 g/mol. The fourth-order valence-electron chi connectivity index (χ4n) is 1.91. The quantitative estimate of drug-likeness (QED) is 0.722. The SMILES string of the molecule is CN1COCC(O)C1c1ccccc1. The van der Waals surface area contributed by atoms with Gasteiger partial charge in [-0.05, 0) is 12.6 Å². The molecule has 3 nitrogen and oxygen atoms in total. The van der Waals surface area contributed by atoms with Crippen LogP contribution in [0.3, 0.4) is 0 Å². The van der Waals surface area contributed by atoms with Crippen molar-refractivity contribution >= 4 is 0 Å². The molecule has 0 saturated carbocycles. The Morgan fingerprint density at radius 1 is 1.36 bits per heavy atom. The first kappa shape index (κ1) is 9.65. The summed E-state index contributed by atoms with van der Waals surface area (Å²) >= 11 is 0. The summed E-state index contributed by atoms with van der Waals surface area (Å²) in [6, 6.07) is 10.1. The van der Waals surface area contributed by atoms with E-state index in [1.165, 1.54) is 0 Å². The van der Waals surface area contributed by atoms with Crippen molar-refractivity contribution in [3.8, 4) is 0 Å². The summed E-state index contributed by atoms with van der Waals surface area (Å²) in [7, 11) is 1.96. The van der Waals surface area contributed by atoms with E-state index in [0.717, 1.165) is 5.56 Å². The van der Waals surface area contributed by atoms with Crippen LogP contribution in [0.5, 0.6) is 0 Å². The average Bonchev–Trinajstić information content (AvgIpc) is 2.19. The normalized spacial score (nSPS) is 29.0. The van der Waals surface area contributed by atoms with Crippen molar-refractivity contribution in [2.45, 2.75) is 12.1 Å². The molecule has 3 heteroatoms. The van der Waals surface area contributed by atoms with E-state index < -0.39 is 6.10 Å². The Kier molecular flexibility index (Phi) is 2.82. The minimum absolute atomic E-state index is 0.0601. The standard InChI is InChI=1S/C11H15NO2/c1-12-8-14-7-10(13)11(12)9-5-3-2-4-6-9/h2-6,10-11,13H,7-8H2,1H3. The van der Waals surface area contributed by atoms with E-state index in [-0.39, 0.29) is 6.04 Å². The van der Waals surface area contributed by atoms with Crippen LogP contribution in [-0.2, 0) is 4.74 Å². The van der Waals surface area contributed by atoms with Gasteiger partial charge in [-0.25, -0.2) is 0 Å². The Morgan fingerprint density at radius 2 is 2.07 bits per heavy atom. The number of hydrogen-bond donors (Lipinski definition) is 1. The van der Waals surface area contributed by atoms with Gasteiger partial charge in [0.2, 0.25) is 0 Å². The van der Waals surface area contributed by atoms with Crippen molar-refractivity contribution in [1.82, 2.24) is 4.90 Å². The maximum Gasteiger partial charge on any atom is 0.0995 e. The van der Waals surface area contributed by atoms with Gasteiger partial charge in [-0.2, -0.15) is 0 Å². The molecule has 1 heterocycles. The van der Waals surface area contributed by atoms with Crippen molar-refractivity contribution in [3.05, 3.63) is 35.9 Å². The smallest absolute Gasteiger partial charge is 0.0995 e. The average molecular weight is 193 g/mol. The molecule has 1 aliphatic rings. The molecular weight excluding hydrogens is 178 g/mol. The molecule has 2 unspecified atom stereocenters. The van der Waals surface area contributed by atoms with Crippen LogP contribution in [-0.4, -0.2) is 36.5 Å². The maximum atomic E-state index is 9.83. The summed E-state index contributed by atoms with van der Waals surface area (Å²) in [5.41, 5.74) is 1.14. The van der Waals surface area contributed by atoms with E-state index in [9.17, 15) is 5.11 Å². The van der Waals surface area contributed by atoms with E-state index >= 15 is 0 Å². The molecule has 0 bridgehead atoms. The maximum absolute atomic E-state index is 9.83. The Morgan fingerprint density at radius 3 is 2.71 bits per heavy atom. The van der Waals surface area contributed by atoms with E-state index in [2.05, 4.69) is 0 Å². The Hall–Kier alpha value is -0.900. The van der Waals surface area contributed by atoms with Gasteiger partial charge >= 0.3 is 0 Å². The molecule has 76 valence electrons. The molecule has 1 aromatic rings. The van der Waals surface area contributed by atoms with E-state index in [1.54, 1.807) is 0 Å². The number of hydrogen-bond acceptors (Lipinski definition) is 3. The summed E-state index contributed by atoms with van der Waals surface area (Å²) in [6.45, 7) is 1.00. The Bertz CT molecular complexity index is 279. The molecular formula is C11H15NO2. The lowest BCUT2D eigenvalue weighted by Gasteiger charge is -2.36. The third-order valence-electron chi connectivity index (χ3n) is 2.56. The lowest BCUT2D eigenvalue weighted by molar-refractivity contribution is -0.109. The van der Waals surface area contributed by atoms with Gasteiger partial charge in [0.05, 0.1) is 25.5 Å². The molecule has 2 rings (SSSR count). The van der Waals surface area contributed by atoms with E-state index in [1.807, 2.05) is 42.3 Å². The minimum Gasteiger partial charge on any atom is -0.389 e. The first-order chi connectivity index (χ1) is 6.79. The Labute approximate surface area is 83.9 Å². The third-order valence-corrected chi connectivity index (χ3v) is 2.56. The molecule has 0 radical (unpaired) electrons. The summed E-state index contributed by atoms with van der Waals surface area (Å²) in [5.74, 6) is 0. The predicted molar refractivity (Wildman–Crippen MR) is 53.8 cm³/mol. The number of rotatable bonds is 1. The Balaban J connectivity index is 2.23. The summed E-state index contributed by atoms with van der Waals surface area (Å²) < 4.78 is 5.22. The molecule has 1 aromatic carbocycles. The van der Waals surface area contributed by atoms with Gasteiger partial charge in [0.25, 0.3) is 0 Å². The lowest BCUT2D eigenvalue weighted by atomic mass is 10.00. The zero-order valence-corrected chi connectivity index (χ0v) is 8.26. The van der Waals surface area contributed by atoms with Crippen molar-refractivity contribution in [1.29, 1.82) is 0 Å². The van der Waals surface area contributed by atoms with Gasteiger partial charge in [-0.15, -0.1) is 0 Å². The highest BCUT2D eigenvalue weighted by Gasteiger charge is 2.29.